The van der Waals surface area contributed by atoms with Gasteiger partial charge in [-0.1, -0.05) is 19.3 Å². The highest BCUT2D eigenvalue weighted by molar-refractivity contribution is 5.78. The van der Waals surface area contributed by atoms with Gasteiger partial charge in [0.2, 0.25) is 5.91 Å². The summed E-state index contributed by atoms with van der Waals surface area (Å²) >= 11 is 0. The van der Waals surface area contributed by atoms with Crippen LogP contribution < -0.4 is 5.32 Å². The molecule has 0 aromatic heterocycles. The summed E-state index contributed by atoms with van der Waals surface area (Å²) in [6.07, 6.45) is 5.98. The van der Waals surface area contributed by atoms with Gasteiger partial charge >= 0.3 is 0 Å². The first-order valence-electron chi connectivity index (χ1n) is 4.06. The van der Waals surface area contributed by atoms with E-state index < -0.39 is 0 Å². The van der Waals surface area contributed by atoms with Crippen LogP contribution in [0.25, 0.3) is 0 Å². The highest BCUT2D eigenvalue weighted by atomic mass is 16.1. The van der Waals surface area contributed by atoms with Crippen molar-refractivity contribution in [1.29, 1.82) is 0 Å². The summed E-state index contributed by atoms with van der Waals surface area (Å²) in [5, 5.41) is 2.70. The Morgan fingerprint density at radius 3 is 2.40 bits per heavy atom. The zero-order valence-corrected chi connectivity index (χ0v) is 6.52. The maximum Gasteiger partial charge on any atom is 0.222 e. The van der Waals surface area contributed by atoms with Crippen molar-refractivity contribution in [3.63, 3.8) is 0 Å². The zero-order valence-electron chi connectivity index (χ0n) is 6.52. The lowest BCUT2D eigenvalue weighted by atomic mass is 9.89. The molecule has 2 heteroatoms. The van der Waals surface area contributed by atoms with Gasteiger partial charge in [0, 0.05) is 13.0 Å². The molecule has 0 aliphatic heterocycles. The summed E-state index contributed by atoms with van der Waals surface area (Å²) in [7, 11) is 1.72. The Labute approximate surface area is 62.0 Å². The van der Waals surface area contributed by atoms with Gasteiger partial charge in [0.1, 0.15) is 0 Å². The van der Waals surface area contributed by atoms with Crippen molar-refractivity contribution in [3.05, 3.63) is 0 Å². The molecule has 0 aromatic rings. The second kappa shape index (κ2) is 3.59. The van der Waals surface area contributed by atoms with Crippen LogP contribution in [-0.4, -0.2) is 13.0 Å². The van der Waals surface area contributed by atoms with Gasteiger partial charge < -0.3 is 5.32 Å². The number of amides is 1. The van der Waals surface area contributed by atoms with E-state index in [2.05, 4.69) is 5.32 Å². The first-order chi connectivity index (χ1) is 4.84. The monoisotopic (exact) mass is 141 g/mol. The second-order valence-electron chi connectivity index (χ2n) is 2.95. The Kier molecular flexibility index (Phi) is 2.72. The number of hydrogen-bond donors (Lipinski definition) is 1. The molecule has 1 aliphatic carbocycles. The predicted octanol–water partition coefficient (Wildman–Crippen LogP) is 1.31. The number of rotatable bonds is 1. The normalized spacial score (nSPS) is 20.5. The van der Waals surface area contributed by atoms with E-state index in [9.17, 15) is 4.79 Å². The van der Waals surface area contributed by atoms with Gasteiger partial charge in [-0.15, -0.1) is 0 Å². The highest BCUT2D eigenvalue weighted by Gasteiger charge is 2.19. The van der Waals surface area contributed by atoms with Gasteiger partial charge in [-0.25, -0.2) is 0 Å². The lowest BCUT2D eigenvalue weighted by Crippen LogP contribution is -2.28. The Bertz CT molecular complexity index is 116. The van der Waals surface area contributed by atoms with Crippen molar-refractivity contribution in [2.75, 3.05) is 7.05 Å². The molecule has 0 aromatic carbocycles. The third kappa shape index (κ3) is 1.72. The molecular formula is C8H15NO. The molecule has 1 saturated carbocycles. The van der Waals surface area contributed by atoms with Crippen molar-refractivity contribution < 1.29 is 4.79 Å². The van der Waals surface area contributed by atoms with Crippen LogP contribution in [-0.2, 0) is 4.79 Å². The number of carbonyl (C=O) groups is 1. The molecule has 0 heterocycles. The molecular weight excluding hydrogens is 126 g/mol. The van der Waals surface area contributed by atoms with E-state index in [-0.39, 0.29) is 5.91 Å². The first-order valence-corrected chi connectivity index (χ1v) is 4.06. The van der Waals surface area contributed by atoms with E-state index in [0.29, 0.717) is 5.92 Å². The molecule has 58 valence electrons. The Balaban J connectivity index is 2.31. The molecule has 1 aliphatic rings. The minimum atomic E-state index is 0.236. The average molecular weight is 141 g/mol. The van der Waals surface area contributed by atoms with Crippen LogP contribution in [0.1, 0.15) is 32.1 Å². The number of carbonyl (C=O) groups excluding carboxylic acids is 1. The molecule has 0 atom stereocenters. The summed E-state index contributed by atoms with van der Waals surface area (Å²) in [5.41, 5.74) is 0. The van der Waals surface area contributed by atoms with Crippen LogP contribution in [0.3, 0.4) is 0 Å². The van der Waals surface area contributed by atoms with Crippen molar-refractivity contribution in [2.24, 2.45) is 5.92 Å². The third-order valence-corrected chi connectivity index (χ3v) is 2.22. The smallest absolute Gasteiger partial charge is 0.222 e. The summed E-state index contributed by atoms with van der Waals surface area (Å²) in [6.45, 7) is 0. The predicted molar refractivity (Wildman–Crippen MR) is 40.6 cm³/mol. The lowest BCUT2D eigenvalue weighted by molar-refractivity contribution is -0.125. The molecule has 1 rings (SSSR count). The van der Waals surface area contributed by atoms with Crippen molar-refractivity contribution >= 4 is 5.91 Å². The van der Waals surface area contributed by atoms with E-state index in [4.69, 9.17) is 0 Å². The Morgan fingerprint density at radius 2 is 1.90 bits per heavy atom. The molecule has 0 spiro atoms. The minimum Gasteiger partial charge on any atom is -0.359 e. The molecule has 1 amide bonds. The van der Waals surface area contributed by atoms with E-state index in [0.717, 1.165) is 12.8 Å². The van der Waals surface area contributed by atoms with Crippen LogP contribution >= 0.6 is 0 Å². The SMILES string of the molecule is CNC(=O)C1CCCCC1. The summed E-state index contributed by atoms with van der Waals surface area (Å²) in [4.78, 5) is 11.1. The summed E-state index contributed by atoms with van der Waals surface area (Å²) < 4.78 is 0. The highest BCUT2D eigenvalue weighted by Crippen LogP contribution is 2.23. The van der Waals surface area contributed by atoms with E-state index in [1.165, 1.54) is 19.3 Å². The molecule has 0 bridgehead atoms. The fourth-order valence-corrected chi connectivity index (χ4v) is 1.57. The van der Waals surface area contributed by atoms with Crippen LogP contribution in [0.4, 0.5) is 0 Å². The van der Waals surface area contributed by atoms with Gasteiger partial charge in [-0.05, 0) is 12.8 Å². The minimum absolute atomic E-state index is 0.236. The van der Waals surface area contributed by atoms with Crippen LogP contribution in [0, 0.1) is 5.92 Å². The van der Waals surface area contributed by atoms with Crippen molar-refractivity contribution in [3.8, 4) is 0 Å². The van der Waals surface area contributed by atoms with Gasteiger partial charge in [0.05, 0.1) is 0 Å². The first kappa shape index (κ1) is 7.58. The molecule has 0 unspecified atom stereocenters. The summed E-state index contributed by atoms with van der Waals surface area (Å²) in [5.74, 6) is 0.554. The van der Waals surface area contributed by atoms with Crippen molar-refractivity contribution in [2.45, 2.75) is 32.1 Å². The van der Waals surface area contributed by atoms with Crippen LogP contribution in [0.2, 0.25) is 0 Å². The molecule has 2 nitrogen and oxygen atoms in total. The summed E-state index contributed by atoms with van der Waals surface area (Å²) in [6, 6.07) is 0. The Morgan fingerprint density at radius 1 is 1.30 bits per heavy atom. The topological polar surface area (TPSA) is 29.1 Å². The molecule has 0 radical (unpaired) electrons. The van der Waals surface area contributed by atoms with E-state index >= 15 is 0 Å². The maximum atomic E-state index is 11.1. The van der Waals surface area contributed by atoms with Gasteiger partial charge in [-0.3, -0.25) is 4.79 Å². The molecule has 1 N–H and O–H groups in total. The molecule has 1 fully saturated rings. The van der Waals surface area contributed by atoms with Crippen LogP contribution in [0.15, 0.2) is 0 Å². The van der Waals surface area contributed by atoms with Gasteiger partial charge in [-0.2, -0.15) is 0 Å². The van der Waals surface area contributed by atoms with Gasteiger partial charge in [0.15, 0.2) is 0 Å². The van der Waals surface area contributed by atoms with Crippen LogP contribution in [0.5, 0.6) is 0 Å². The van der Waals surface area contributed by atoms with Gasteiger partial charge in [0.25, 0.3) is 0 Å². The molecule has 10 heavy (non-hydrogen) atoms. The Hall–Kier alpha value is -0.530. The average Bonchev–Trinajstić information content (AvgIpc) is 2.05. The zero-order chi connectivity index (χ0) is 7.40. The molecule has 0 saturated heterocycles. The fraction of sp³-hybridized carbons (Fsp3) is 0.875. The number of hydrogen-bond acceptors (Lipinski definition) is 1. The quantitative estimate of drug-likeness (QED) is 0.586. The van der Waals surface area contributed by atoms with E-state index in [1.54, 1.807) is 7.05 Å². The maximum absolute atomic E-state index is 11.1. The van der Waals surface area contributed by atoms with E-state index in [1.807, 2.05) is 0 Å². The standard InChI is InChI=1S/C8H15NO/c1-9-8(10)7-5-3-2-4-6-7/h7H,2-6H2,1H3,(H,9,10). The second-order valence-corrected chi connectivity index (χ2v) is 2.95. The lowest BCUT2D eigenvalue weighted by Gasteiger charge is -2.19. The number of nitrogens with one attached hydrogen (secondary N) is 1. The fourth-order valence-electron chi connectivity index (χ4n) is 1.57. The third-order valence-electron chi connectivity index (χ3n) is 2.22. The largest absolute Gasteiger partial charge is 0.359 e. The van der Waals surface area contributed by atoms with Crippen molar-refractivity contribution in [1.82, 2.24) is 5.32 Å².